The minimum absolute atomic E-state index is 0.243. The summed E-state index contributed by atoms with van der Waals surface area (Å²) in [6.45, 7) is 1.80. The molecule has 2 aromatic carbocycles. The molecule has 0 radical (unpaired) electrons. The van der Waals surface area contributed by atoms with Crippen molar-refractivity contribution in [1.29, 1.82) is 0 Å². The number of carbonyl (C=O) groups excluding carboxylic acids is 2. The van der Waals surface area contributed by atoms with Crippen molar-refractivity contribution in [3.8, 4) is 0 Å². The Hall–Kier alpha value is -3.48. The Morgan fingerprint density at radius 3 is 2.59 bits per heavy atom. The van der Waals surface area contributed by atoms with E-state index in [0.717, 1.165) is 0 Å². The van der Waals surface area contributed by atoms with Gasteiger partial charge in [0.25, 0.3) is 5.56 Å². The van der Waals surface area contributed by atoms with Crippen LogP contribution in [0.15, 0.2) is 59.7 Å². The standard InChI is InChI=1S/C20H19N3O4/c1-3-17(23-12-21-15-10-6-4-8-13(15)19(23)25)18(24)22-16-11-7-5-9-14(16)20(26)27-2/h4-12,17H,3H2,1-2H3,(H,22,24). The fourth-order valence-electron chi connectivity index (χ4n) is 2.91. The molecule has 0 fully saturated rings. The van der Waals surface area contributed by atoms with E-state index in [2.05, 4.69) is 10.3 Å². The number of rotatable bonds is 5. The molecule has 0 aliphatic carbocycles. The number of hydrogen-bond acceptors (Lipinski definition) is 5. The molecule has 0 aliphatic rings. The van der Waals surface area contributed by atoms with E-state index in [4.69, 9.17) is 4.74 Å². The number of esters is 1. The molecule has 0 saturated carbocycles. The summed E-state index contributed by atoms with van der Waals surface area (Å²) in [6.07, 6.45) is 1.76. The number of ether oxygens (including phenoxy) is 1. The van der Waals surface area contributed by atoms with Crippen LogP contribution in [0.3, 0.4) is 0 Å². The maximum absolute atomic E-state index is 12.8. The maximum atomic E-state index is 12.8. The van der Waals surface area contributed by atoms with Crippen molar-refractivity contribution in [2.75, 3.05) is 12.4 Å². The summed E-state index contributed by atoms with van der Waals surface area (Å²) in [6, 6.07) is 12.8. The second-order valence-electron chi connectivity index (χ2n) is 5.92. The first-order chi connectivity index (χ1) is 13.1. The van der Waals surface area contributed by atoms with Gasteiger partial charge in [-0.05, 0) is 30.7 Å². The van der Waals surface area contributed by atoms with Crippen molar-refractivity contribution >= 4 is 28.5 Å². The van der Waals surface area contributed by atoms with Gasteiger partial charge in [0.1, 0.15) is 6.04 Å². The van der Waals surface area contributed by atoms with Gasteiger partial charge in [0, 0.05) is 0 Å². The van der Waals surface area contributed by atoms with Crippen LogP contribution in [-0.4, -0.2) is 28.5 Å². The molecular weight excluding hydrogens is 346 g/mol. The van der Waals surface area contributed by atoms with Crippen molar-refractivity contribution in [1.82, 2.24) is 9.55 Å². The predicted molar refractivity (Wildman–Crippen MR) is 102 cm³/mol. The van der Waals surface area contributed by atoms with Crippen LogP contribution in [-0.2, 0) is 9.53 Å². The third-order valence-corrected chi connectivity index (χ3v) is 4.31. The third kappa shape index (κ3) is 3.57. The first-order valence-electron chi connectivity index (χ1n) is 8.51. The molecule has 3 aromatic rings. The minimum Gasteiger partial charge on any atom is -0.465 e. The molecule has 1 atom stereocenters. The van der Waals surface area contributed by atoms with Gasteiger partial charge in [-0.2, -0.15) is 0 Å². The number of carbonyl (C=O) groups is 2. The molecule has 7 heteroatoms. The highest BCUT2D eigenvalue weighted by Gasteiger charge is 2.22. The molecule has 0 saturated heterocycles. The number of benzene rings is 2. The van der Waals surface area contributed by atoms with Gasteiger partial charge in [-0.3, -0.25) is 14.2 Å². The zero-order chi connectivity index (χ0) is 19.4. The average molecular weight is 365 g/mol. The molecule has 1 N–H and O–H groups in total. The molecule has 138 valence electrons. The van der Waals surface area contributed by atoms with E-state index in [9.17, 15) is 14.4 Å². The SMILES string of the molecule is CCC(C(=O)Nc1ccccc1C(=O)OC)n1cnc2ccccc2c1=O. The van der Waals surface area contributed by atoms with Crippen LogP contribution >= 0.6 is 0 Å². The Balaban J connectivity index is 1.96. The lowest BCUT2D eigenvalue weighted by Gasteiger charge is -2.18. The summed E-state index contributed by atoms with van der Waals surface area (Å²) in [5, 5.41) is 3.17. The Labute approximate surface area is 155 Å². The number of anilines is 1. The molecule has 27 heavy (non-hydrogen) atoms. The van der Waals surface area contributed by atoms with Gasteiger partial charge >= 0.3 is 5.97 Å². The Bertz CT molecular complexity index is 1060. The quantitative estimate of drug-likeness (QED) is 0.702. The first kappa shape index (κ1) is 18.3. The van der Waals surface area contributed by atoms with Gasteiger partial charge in [-0.25, -0.2) is 9.78 Å². The molecule has 1 amide bonds. The van der Waals surface area contributed by atoms with E-state index in [1.807, 2.05) is 0 Å². The smallest absolute Gasteiger partial charge is 0.339 e. The molecule has 1 unspecified atom stereocenters. The molecule has 0 spiro atoms. The van der Waals surface area contributed by atoms with Gasteiger partial charge in [0.05, 0.1) is 35.6 Å². The van der Waals surface area contributed by atoms with Crippen LogP contribution in [0.25, 0.3) is 10.9 Å². The number of amides is 1. The fourth-order valence-corrected chi connectivity index (χ4v) is 2.91. The highest BCUT2D eigenvalue weighted by molar-refractivity contribution is 6.02. The molecule has 1 heterocycles. The van der Waals surface area contributed by atoms with Crippen molar-refractivity contribution in [3.05, 3.63) is 70.8 Å². The second kappa shape index (κ2) is 7.82. The van der Waals surface area contributed by atoms with E-state index in [0.29, 0.717) is 23.0 Å². The summed E-state index contributed by atoms with van der Waals surface area (Å²) < 4.78 is 6.06. The van der Waals surface area contributed by atoms with Crippen molar-refractivity contribution < 1.29 is 14.3 Å². The zero-order valence-corrected chi connectivity index (χ0v) is 15.0. The Kier molecular flexibility index (Phi) is 5.30. The predicted octanol–water partition coefficient (Wildman–Crippen LogP) is 2.77. The monoisotopic (exact) mass is 365 g/mol. The van der Waals surface area contributed by atoms with Crippen LogP contribution in [0.5, 0.6) is 0 Å². The minimum atomic E-state index is -0.764. The van der Waals surface area contributed by atoms with Gasteiger partial charge in [-0.15, -0.1) is 0 Å². The number of aromatic nitrogens is 2. The zero-order valence-electron chi connectivity index (χ0n) is 15.0. The first-order valence-corrected chi connectivity index (χ1v) is 8.51. The van der Waals surface area contributed by atoms with Gasteiger partial charge in [-0.1, -0.05) is 31.2 Å². The maximum Gasteiger partial charge on any atom is 0.339 e. The molecular formula is C20H19N3O4. The van der Waals surface area contributed by atoms with E-state index in [1.165, 1.54) is 18.0 Å². The Morgan fingerprint density at radius 1 is 1.15 bits per heavy atom. The van der Waals surface area contributed by atoms with Crippen molar-refractivity contribution in [2.45, 2.75) is 19.4 Å². The van der Waals surface area contributed by atoms with Crippen LogP contribution < -0.4 is 10.9 Å². The molecule has 7 nitrogen and oxygen atoms in total. The second-order valence-corrected chi connectivity index (χ2v) is 5.92. The summed E-state index contributed by atoms with van der Waals surface area (Å²) in [5.41, 5.74) is 0.857. The number of hydrogen-bond donors (Lipinski definition) is 1. The van der Waals surface area contributed by atoms with Gasteiger partial charge in [0.15, 0.2) is 0 Å². The van der Waals surface area contributed by atoms with Crippen LogP contribution in [0, 0.1) is 0 Å². The lowest BCUT2D eigenvalue weighted by Crippen LogP contribution is -2.33. The average Bonchev–Trinajstić information content (AvgIpc) is 2.70. The van der Waals surface area contributed by atoms with E-state index >= 15 is 0 Å². The topological polar surface area (TPSA) is 90.3 Å². The molecule has 3 rings (SSSR count). The highest BCUT2D eigenvalue weighted by atomic mass is 16.5. The lowest BCUT2D eigenvalue weighted by atomic mass is 10.1. The number of para-hydroxylation sites is 2. The lowest BCUT2D eigenvalue weighted by molar-refractivity contribution is -0.119. The third-order valence-electron chi connectivity index (χ3n) is 4.31. The van der Waals surface area contributed by atoms with E-state index < -0.39 is 17.9 Å². The molecule has 1 aromatic heterocycles. The summed E-state index contributed by atoms with van der Waals surface area (Å²) in [5.74, 6) is -0.962. The normalized spacial score (nSPS) is 11.8. The number of nitrogens with zero attached hydrogens (tertiary/aromatic N) is 2. The van der Waals surface area contributed by atoms with Gasteiger partial charge in [0.2, 0.25) is 5.91 Å². The van der Waals surface area contributed by atoms with Crippen molar-refractivity contribution in [3.63, 3.8) is 0 Å². The van der Waals surface area contributed by atoms with Crippen LogP contribution in [0.2, 0.25) is 0 Å². The van der Waals surface area contributed by atoms with Gasteiger partial charge < -0.3 is 10.1 Å². The number of methoxy groups -OCH3 is 1. The van der Waals surface area contributed by atoms with Crippen molar-refractivity contribution in [2.24, 2.45) is 0 Å². The highest BCUT2D eigenvalue weighted by Crippen LogP contribution is 2.19. The van der Waals surface area contributed by atoms with Crippen LogP contribution in [0.4, 0.5) is 5.69 Å². The van der Waals surface area contributed by atoms with E-state index in [-0.39, 0.29) is 11.1 Å². The fraction of sp³-hybridized carbons (Fsp3) is 0.200. The summed E-state index contributed by atoms with van der Waals surface area (Å²) in [7, 11) is 1.27. The summed E-state index contributed by atoms with van der Waals surface area (Å²) >= 11 is 0. The summed E-state index contributed by atoms with van der Waals surface area (Å²) in [4.78, 5) is 41.8. The Morgan fingerprint density at radius 2 is 1.85 bits per heavy atom. The van der Waals surface area contributed by atoms with Crippen LogP contribution in [0.1, 0.15) is 29.7 Å². The molecule has 0 bridgehead atoms. The number of fused-ring (bicyclic) bond motifs is 1. The number of nitrogens with one attached hydrogen (secondary N) is 1. The largest absolute Gasteiger partial charge is 0.465 e. The molecule has 0 aliphatic heterocycles. The van der Waals surface area contributed by atoms with E-state index in [1.54, 1.807) is 55.5 Å².